The van der Waals surface area contributed by atoms with E-state index in [0.29, 0.717) is 27.1 Å². The number of carbonyl (C=O) groups is 1. The van der Waals surface area contributed by atoms with Crippen molar-refractivity contribution in [2.24, 2.45) is 4.99 Å². The van der Waals surface area contributed by atoms with Crippen molar-refractivity contribution in [3.8, 4) is 11.5 Å². The highest BCUT2D eigenvalue weighted by molar-refractivity contribution is 8.19. The number of thioether (sulfide) groups is 1. The Kier molecular flexibility index (Phi) is 7.79. The third-order valence-corrected chi connectivity index (χ3v) is 7.15. The maximum absolute atomic E-state index is 14.0. The van der Waals surface area contributed by atoms with Crippen molar-refractivity contribution < 1.29 is 18.7 Å². The fourth-order valence-electron chi connectivity index (χ4n) is 4.02. The van der Waals surface area contributed by atoms with E-state index >= 15 is 0 Å². The Morgan fingerprint density at radius 1 is 0.897 bits per heavy atom. The van der Waals surface area contributed by atoms with Crippen molar-refractivity contribution in [3.05, 3.63) is 124 Å². The molecule has 0 aromatic heterocycles. The van der Waals surface area contributed by atoms with Crippen LogP contribution in [0.5, 0.6) is 11.5 Å². The van der Waals surface area contributed by atoms with Gasteiger partial charge in [0.15, 0.2) is 16.7 Å². The minimum Gasteiger partial charge on any atom is -0.493 e. The third kappa shape index (κ3) is 6.04. The first kappa shape index (κ1) is 26.3. The Labute approximate surface area is 231 Å². The van der Waals surface area contributed by atoms with Gasteiger partial charge in [-0.2, -0.15) is 0 Å². The number of amidine groups is 1. The maximum Gasteiger partial charge on any atom is 0.271 e. The largest absolute Gasteiger partial charge is 0.493 e. The predicted molar refractivity (Wildman–Crippen MR) is 156 cm³/mol. The Balaban J connectivity index is 1.44. The van der Waals surface area contributed by atoms with Gasteiger partial charge in [0, 0.05) is 5.56 Å². The molecule has 0 unspecified atom stereocenters. The molecule has 1 heterocycles. The summed E-state index contributed by atoms with van der Waals surface area (Å²) in [6, 6.07) is 27.5. The third-order valence-electron chi connectivity index (χ3n) is 6.18. The number of rotatable bonds is 7. The Morgan fingerprint density at radius 3 is 2.28 bits per heavy atom. The molecule has 0 radical (unpaired) electrons. The molecule has 5 nitrogen and oxygen atoms in total. The van der Waals surface area contributed by atoms with Crippen molar-refractivity contribution >= 4 is 40.3 Å². The highest BCUT2D eigenvalue weighted by Gasteiger charge is 2.34. The van der Waals surface area contributed by atoms with Gasteiger partial charge in [-0.25, -0.2) is 9.38 Å². The van der Waals surface area contributed by atoms with Crippen molar-refractivity contribution in [2.75, 3.05) is 12.0 Å². The molecule has 7 heteroatoms. The molecule has 39 heavy (non-hydrogen) atoms. The van der Waals surface area contributed by atoms with Crippen molar-refractivity contribution in [1.29, 1.82) is 0 Å². The summed E-state index contributed by atoms with van der Waals surface area (Å²) >= 11 is 1.32. The molecule has 196 valence electrons. The molecule has 1 amide bonds. The first-order valence-corrected chi connectivity index (χ1v) is 13.2. The summed E-state index contributed by atoms with van der Waals surface area (Å²) in [6.45, 7) is 4.10. The quantitative estimate of drug-likeness (QED) is 0.225. The van der Waals surface area contributed by atoms with Crippen LogP contribution in [0.25, 0.3) is 6.08 Å². The summed E-state index contributed by atoms with van der Waals surface area (Å²) in [6.07, 6.45) is 1.81. The van der Waals surface area contributed by atoms with Crippen LogP contribution < -0.4 is 14.4 Å². The molecule has 4 aromatic rings. The Hall–Kier alpha value is -4.36. The number of amides is 1. The summed E-state index contributed by atoms with van der Waals surface area (Å²) in [5, 5.41) is 0.579. The van der Waals surface area contributed by atoms with Gasteiger partial charge in [-0.15, -0.1) is 0 Å². The number of methoxy groups -OCH3 is 1. The van der Waals surface area contributed by atoms with E-state index in [1.807, 2.05) is 74.5 Å². The molecular weight excluding hydrogens is 511 g/mol. The maximum atomic E-state index is 14.0. The molecule has 1 aliphatic rings. The number of aliphatic imine (C=N–C) groups is 1. The van der Waals surface area contributed by atoms with E-state index in [9.17, 15) is 9.18 Å². The fourth-order valence-corrected chi connectivity index (χ4v) is 5.02. The number of halogens is 1. The number of hydrogen-bond donors (Lipinski definition) is 0. The monoisotopic (exact) mass is 538 g/mol. The SMILES string of the molecule is COc1cc(/C=C2\SC(=Nc3ccc(C)cc3)N(c3ccc(C)cc3)C2=O)ccc1OCc1ccccc1F. The second kappa shape index (κ2) is 11.6. The molecule has 5 rings (SSSR count). The van der Waals surface area contributed by atoms with Gasteiger partial charge < -0.3 is 9.47 Å². The van der Waals surface area contributed by atoms with Crippen LogP contribution in [0.1, 0.15) is 22.3 Å². The van der Waals surface area contributed by atoms with Gasteiger partial charge in [-0.05, 0) is 79.7 Å². The number of nitrogens with zero attached hydrogens (tertiary/aromatic N) is 2. The Bertz CT molecular complexity index is 1560. The number of ether oxygens (including phenoxy) is 2. The lowest BCUT2D eigenvalue weighted by Gasteiger charge is -2.16. The van der Waals surface area contributed by atoms with E-state index in [2.05, 4.69) is 0 Å². The van der Waals surface area contributed by atoms with Gasteiger partial charge in [0.2, 0.25) is 0 Å². The van der Waals surface area contributed by atoms with Gasteiger partial charge in [-0.3, -0.25) is 9.69 Å². The average Bonchev–Trinajstić information content (AvgIpc) is 3.24. The van der Waals surface area contributed by atoms with E-state index in [1.165, 1.54) is 17.8 Å². The summed E-state index contributed by atoms with van der Waals surface area (Å²) in [7, 11) is 1.54. The lowest BCUT2D eigenvalue weighted by molar-refractivity contribution is -0.113. The van der Waals surface area contributed by atoms with E-state index in [-0.39, 0.29) is 18.3 Å². The zero-order valence-electron chi connectivity index (χ0n) is 21.9. The minimum atomic E-state index is -0.323. The molecule has 1 aliphatic heterocycles. The molecule has 4 aromatic carbocycles. The molecular formula is C32H27FN2O3S. The molecule has 0 saturated carbocycles. The summed E-state index contributed by atoms with van der Waals surface area (Å²) < 4.78 is 25.4. The van der Waals surface area contributed by atoms with Crippen LogP contribution in [0.4, 0.5) is 15.8 Å². The van der Waals surface area contributed by atoms with Crippen molar-refractivity contribution in [2.45, 2.75) is 20.5 Å². The summed E-state index contributed by atoms with van der Waals surface area (Å²) in [5.41, 5.74) is 4.99. The van der Waals surface area contributed by atoms with Crippen LogP contribution in [0, 0.1) is 19.7 Å². The topological polar surface area (TPSA) is 51.1 Å². The molecule has 1 fully saturated rings. The van der Waals surface area contributed by atoms with Gasteiger partial charge >= 0.3 is 0 Å². The lowest BCUT2D eigenvalue weighted by atomic mass is 10.1. The summed E-state index contributed by atoms with van der Waals surface area (Å²) in [4.78, 5) is 20.6. The second-order valence-electron chi connectivity index (χ2n) is 9.11. The van der Waals surface area contributed by atoms with Crippen LogP contribution >= 0.6 is 11.8 Å². The average molecular weight is 539 g/mol. The molecule has 1 saturated heterocycles. The second-order valence-corrected chi connectivity index (χ2v) is 10.1. The molecule has 0 aliphatic carbocycles. The van der Waals surface area contributed by atoms with E-state index in [1.54, 1.807) is 42.3 Å². The van der Waals surface area contributed by atoms with E-state index in [4.69, 9.17) is 14.5 Å². The van der Waals surface area contributed by atoms with Gasteiger partial charge in [0.25, 0.3) is 5.91 Å². The van der Waals surface area contributed by atoms with Crippen molar-refractivity contribution in [3.63, 3.8) is 0 Å². The van der Waals surface area contributed by atoms with Gasteiger partial charge in [0.05, 0.1) is 23.4 Å². The zero-order valence-corrected chi connectivity index (χ0v) is 22.7. The Morgan fingerprint density at radius 2 is 1.59 bits per heavy atom. The number of carbonyl (C=O) groups excluding carboxylic acids is 1. The normalized spacial score (nSPS) is 15.3. The number of benzene rings is 4. The van der Waals surface area contributed by atoms with Gasteiger partial charge in [-0.1, -0.05) is 59.7 Å². The molecule has 0 spiro atoms. The predicted octanol–water partition coefficient (Wildman–Crippen LogP) is 7.84. The molecule has 0 atom stereocenters. The van der Waals surface area contributed by atoms with E-state index < -0.39 is 0 Å². The number of aryl methyl sites for hydroxylation is 2. The van der Waals surface area contributed by atoms with Crippen LogP contribution in [0.2, 0.25) is 0 Å². The molecule has 0 bridgehead atoms. The number of anilines is 1. The highest BCUT2D eigenvalue weighted by atomic mass is 32.2. The van der Waals surface area contributed by atoms with Crippen LogP contribution in [-0.4, -0.2) is 18.2 Å². The fraction of sp³-hybridized carbons (Fsp3) is 0.125. The van der Waals surface area contributed by atoms with Crippen molar-refractivity contribution in [1.82, 2.24) is 0 Å². The van der Waals surface area contributed by atoms with Crippen LogP contribution in [-0.2, 0) is 11.4 Å². The van der Waals surface area contributed by atoms with Gasteiger partial charge in [0.1, 0.15) is 12.4 Å². The first-order valence-electron chi connectivity index (χ1n) is 12.4. The summed E-state index contributed by atoms with van der Waals surface area (Å²) in [5.74, 6) is 0.487. The number of hydrogen-bond acceptors (Lipinski definition) is 5. The smallest absolute Gasteiger partial charge is 0.271 e. The first-order chi connectivity index (χ1) is 18.9. The zero-order chi connectivity index (χ0) is 27.4. The van der Waals surface area contributed by atoms with Crippen LogP contribution in [0.15, 0.2) is 101 Å². The lowest BCUT2D eigenvalue weighted by Crippen LogP contribution is -2.28. The minimum absolute atomic E-state index is 0.0716. The van der Waals surface area contributed by atoms with E-state index in [0.717, 1.165) is 28.1 Å². The standard InChI is InChI=1S/C32H27FN2O3S/c1-21-8-13-25(14-9-21)34-32-35(26-15-10-22(2)11-16-26)31(36)30(39-32)19-23-12-17-28(29(18-23)37-3)38-20-24-6-4-5-7-27(24)33/h4-19H,20H2,1-3H3/b30-19-,34-32?. The van der Waals surface area contributed by atoms with Crippen LogP contribution in [0.3, 0.4) is 0 Å². The molecule has 0 N–H and O–H groups in total. The highest BCUT2D eigenvalue weighted by Crippen LogP contribution is 2.38.